The molecule has 1 atom stereocenters. The second kappa shape index (κ2) is 10.2. The minimum absolute atomic E-state index is 0.135. The van der Waals surface area contributed by atoms with Gasteiger partial charge in [0.25, 0.3) is 0 Å². The summed E-state index contributed by atoms with van der Waals surface area (Å²) in [5, 5.41) is 7.12. The van der Waals surface area contributed by atoms with Crippen LogP contribution in [0.25, 0.3) is 0 Å². The topological polar surface area (TPSA) is 72.1 Å². The van der Waals surface area contributed by atoms with E-state index in [1.165, 1.54) is 31.2 Å². The Morgan fingerprint density at radius 2 is 1.97 bits per heavy atom. The van der Waals surface area contributed by atoms with E-state index < -0.39 is 12.1 Å². The number of alkyl halides is 3. The van der Waals surface area contributed by atoms with Gasteiger partial charge >= 0.3 is 12.1 Å². The number of ether oxygens (including phenoxy) is 2. The van der Waals surface area contributed by atoms with Gasteiger partial charge in [-0.2, -0.15) is 13.2 Å². The molecule has 0 aromatic carbocycles. The van der Waals surface area contributed by atoms with Crippen LogP contribution in [0.1, 0.15) is 44.1 Å². The first-order chi connectivity index (χ1) is 14.3. The average Bonchev–Trinajstić information content (AvgIpc) is 3.23. The average molecular weight is 433 g/mol. The minimum atomic E-state index is -5.08. The minimum Gasteiger partial charge on any atom is -0.475 e. The molecular weight excluding hydrogens is 403 g/mol. The van der Waals surface area contributed by atoms with E-state index in [0.717, 1.165) is 58.2 Å². The Morgan fingerprint density at radius 3 is 2.53 bits per heavy atom. The van der Waals surface area contributed by atoms with Crippen molar-refractivity contribution in [2.24, 2.45) is 11.8 Å². The number of carboxylic acids is 1. The Kier molecular flexibility index (Phi) is 7.81. The Balaban J connectivity index is 0.000000318. The predicted octanol–water partition coefficient (Wildman–Crippen LogP) is 4.10. The van der Waals surface area contributed by atoms with Crippen molar-refractivity contribution in [3.63, 3.8) is 0 Å². The highest BCUT2D eigenvalue weighted by Gasteiger charge is 2.45. The highest BCUT2D eigenvalue weighted by molar-refractivity contribution is 5.73. The van der Waals surface area contributed by atoms with Crippen molar-refractivity contribution in [2.45, 2.75) is 56.8 Å². The zero-order chi connectivity index (χ0) is 21.6. The van der Waals surface area contributed by atoms with Gasteiger partial charge < -0.3 is 19.0 Å². The summed E-state index contributed by atoms with van der Waals surface area (Å²) < 4.78 is 49.0. The summed E-state index contributed by atoms with van der Waals surface area (Å²) in [6.07, 6.45) is 6.01. The molecule has 1 spiro atoms. The maximum Gasteiger partial charge on any atom is 0.490 e. The third-order valence-corrected chi connectivity index (χ3v) is 6.19. The number of carbonyl (C=O) groups is 1. The number of aliphatic carboxylic acids is 1. The molecule has 3 aliphatic rings. The fourth-order valence-corrected chi connectivity index (χ4v) is 4.24. The van der Waals surface area contributed by atoms with Crippen molar-refractivity contribution in [3.8, 4) is 0 Å². The molecule has 3 fully saturated rings. The lowest BCUT2D eigenvalue weighted by molar-refractivity contribution is -0.192. The fraction of sp³-hybridized carbons (Fsp3) is 0.762. The number of hydrogen-bond acceptors (Lipinski definition) is 5. The van der Waals surface area contributed by atoms with Gasteiger partial charge in [0.05, 0.1) is 18.1 Å². The molecule has 1 N–H and O–H groups in total. The van der Waals surface area contributed by atoms with E-state index in [-0.39, 0.29) is 5.60 Å². The van der Waals surface area contributed by atoms with Crippen LogP contribution in [0.15, 0.2) is 23.0 Å². The van der Waals surface area contributed by atoms with Gasteiger partial charge in [-0.25, -0.2) is 4.79 Å². The van der Waals surface area contributed by atoms with Gasteiger partial charge in [0.15, 0.2) is 0 Å². The lowest BCUT2D eigenvalue weighted by Crippen LogP contribution is -2.47. The maximum absolute atomic E-state index is 10.6. The van der Waals surface area contributed by atoms with Gasteiger partial charge in [0, 0.05) is 45.0 Å². The van der Waals surface area contributed by atoms with Crippen LogP contribution in [-0.2, 0) is 20.8 Å². The molecule has 3 heterocycles. The molecule has 0 amide bonds. The van der Waals surface area contributed by atoms with Crippen molar-refractivity contribution >= 4 is 5.97 Å². The van der Waals surface area contributed by atoms with Gasteiger partial charge in [0.1, 0.15) is 0 Å². The molecule has 2 aliphatic heterocycles. The van der Waals surface area contributed by atoms with Crippen molar-refractivity contribution in [2.75, 3.05) is 32.9 Å². The number of furan rings is 1. The largest absolute Gasteiger partial charge is 0.490 e. The number of rotatable bonds is 7. The van der Waals surface area contributed by atoms with Crippen LogP contribution in [0, 0.1) is 11.8 Å². The number of likely N-dealkylation sites (tertiary alicyclic amines) is 1. The van der Waals surface area contributed by atoms with E-state index in [2.05, 4.69) is 11.0 Å². The third-order valence-electron chi connectivity index (χ3n) is 6.19. The lowest BCUT2D eigenvalue weighted by Gasteiger charge is -2.42. The normalized spacial score (nSPS) is 23.9. The highest BCUT2D eigenvalue weighted by Crippen LogP contribution is 2.42. The first kappa shape index (κ1) is 23.1. The monoisotopic (exact) mass is 433 g/mol. The number of hydrogen-bond donors (Lipinski definition) is 1. The predicted molar refractivity (Wildman–Crippen MR) is 102 cm³/mol. The van der Waals surface area contributed by atoms with Crippen LogP contribution in [0.2, 0.25) is 0 Å². The molecule has 170 valence electrons. The summed E-state index contributed by atoms with van der Waals surface area (Å²) in [6.45, 7) is 6.11. The molecule has 1 aromatic heterocycles. The van der Waals surface area contributed by atoms with Gasteiger partial charge in [-0.1, -0.05) is 0 Å². The molecule has 1 saturated carbocycles. The van der Waals surface area contributed by atoms with E-state index in [1.807, 2.05) is 6.26 Å². The summed E-state index contributed by atoms with van der Waals surface area (Å²) >= 11 is 0. The van der Waals surface area contributed by atoms with Crippen LogP contribution in [-0.4, -0.2) is 60.7 Å². The van der Waals surface area contributed by atoms with Crippen LogP contribution < -0.4 is 0 Å². The number of piperidine rings is 1. The molecule has 30 heavy (non-hydrogen) atoms. The summed E-state index contributed by atoms with van der Waals surface area (Å²) in [6, 6.07) is 2.07. The van der Waals surface area contributed by atoms with Crippen molar-refractivity contribution in [1.82, 2.24) is 4.90 Å². The molecule has 0 bridgehead atoms. The number of nitrogens with zero attached hydrogens (tertiary/aromatic N) is 1. The smallest absolute Gasteiger partial charge is 0.475 e. The van der Waals surface area contributed by atoms with Gasteiger partial charge in [0.2, 0.25) is 0 Å². The molecule has 4 rings (SSSR count). The molecule has 0 radical (unpaired) electrons. The van der Waals surface area contributed by atoms with Crippen LogP contribution in [0.3, 0.4) is 0 Å². The Hall–Kier alpha value is -1.58. The zero-order valence-corrected chi connectivity index (χ0v) is 17.0. The Morgan fingerprint density at radius 1 is 1.27 bits per heavy atom. The molecular formula is C21H30F3NO5. The van der Waals surface area contributed by atoms with E-state index in [9.17, 15) is 13.2 Å². The SMILES string of the molecule is O=C(O)C(F)(F)F.c1cc(CN2CCC3(CC2)OCCC3CCOCC2CC2)co1. The fourth-order valence-electron chi connectivity index (χ4n) is 4.24. The van der Waals surface area contributed by atoms with Crippen molar-refractivity contribution in [3.05, 3.63) is 24.2 Å². The highest BCUT2D eigenvalue weighted by atomic mass is 19.4. The summed E-state index contributed by atoms with van der Waals surface area (Å²) in [5.41, 5.74) is 1.41. The van der Waals surface area contributed by atoms with Gasteiger partial charge in [-0.3, -0.25) is 4.90 Å². The molecule has 1 aromatic rings. The van der Waals surface area contributed by atoms with E-state index in [0.29, 0.717) is 5.92 Å². The lowest BCUT2D eigenvalue weighted by atomic mass is 9.78. The number of halogens is 3. The second-order valence-corrected chi connectivity index (χ2v) is 8.42. The maximum atomic E-state index is 10.6. The van der Waals surface area contributed by atoms with Gasteiger partial charge in [-0.05, 0) is 56.4 Å². The first-order valence-electron chi connectivity index (χ1n) is 10.5. The first-order valence-corrected chi connectivity index (χ1v) is 10.5. The van der Waals surface area contributed by atoms with Crippen LogP contribution >= 0.6 is 0 Å². The summed E-state index contributed by atoms with van der Waals surface area (Å²) in [7, 11) is 0. The molecule has 1 unspecified atom stereocenters. The summed E-state index contributed by atoms with van der Waals surface area (Å²) in [5.74, 6) is -1.19. The Labute approximate surface area is 174 Å². The molecule has 2 saturated heterocycles. The number of carboxylic acid groups (broad SMARTS) is 1. The quantitative estimate of drug-likeness (QED) is 0.653. The van der Waals surface area contributed by atoms with Crippen LogP contribution in [0.5, 0.6) is 0 Å². The molecule has 9 heteroatoms. The molecule has 6 nitrogen and oxygen atoms in total. The summed E-state index contributed by atoms with van der Waals surface area (Å²) in [4.78, 5) is 11.4. The van der Waals surface area contributed by atoms with Crippen molar-refractivity contribution < 1.29 is 37.0 Å². The van der Waals surface area contributed by atoms with E-state index >= 15 is 0 Å². The third kappa shape index (κ3) is 6.72. The van der Waals surface area contributed by atoms with E-state index in [4.69, 9.17) is 23.8 Å². The van der Waals surface area contributed by atoms with Gasteiger partial charge in [-0.15, -0.1) is 0 Å². The standard InChI is InChI=1S/C19H29NO3.C2HF3O2/c1-2-16(1)14-22-11-4-18-5-12-23-19(18)6-8-20(9-7-19)13-17-3-10-21-15-17;3-2(4,5)1(6)7/h3,10,15-16,18H,1-2,4-9,11-14H2;(H,6,7). The second-order valence-electron chi connectivity index (χ2n) is 8.42. The zero-order valence-electron chi connectivity index (χ0n) is 17.0. The Bertz CT molecular complexity index is 652. The van der Waals surface area contributed by atoms with E-state index in [1.54, 1.807) is 6.26 Å². The van der Waals surface area contributed by atoms with Crippen molar-refractivity contribution in [1.29, 1.82) is 0 Å². The van der Waals surface area contributed by atoms with Crippen LogP contribution in [0.4, 0.5) is 13.2 Å². The molecule has 1 aliphatic carbocycles.